The molecule has 1 aliphatic carbocycles. The zero-order valence-electron chi connectivity index (χ0n) is 15.2. The van der Waals surface area contributed by atoms with Crippen molar-refractivity contribution < 1.29 is 19.1 Å². The van der Waals surface area contributed by atoms with Crippen LogP contribution in [-0.2, 0) is 6.54 Å². The van der Waals surface area contributed by atoms with Crippen molar-refractivity contribution in [2.45, 2.75) is 32.4 Å². The van der Waals surface area contributed by atoms with Crippen molar-refractivity contribution in [3.8, 4) is 11.6 Å². The molecule has 0 bridgehead atoms. The average Bonchev–Trinajstić information content (AvgIpc) is 3.33. The van der Waals surface area contributed by atoms with Crippen molar-refractivity contribution in [1.29, 1.82) is 0 Å². The van der Waals surface area contributed by atoms with Crippen LogP contribution >= 0.6 is 11.6 Å². The van der Waals surface area contributed by atoms with Gasteiger partial charge in [0.25, 0.3) is 17.7 Å². The van der Waals surface area contributed by atoms with E-state index in [1.807, 2.05) is 17.0 Å². The van der Waals surface area contributed by atoms with E-state index >= 15 is 0 Å². The van der Waals surface area contributed by atoms with Gasteiger partial charge in [0, 0.05) is 12.6 Å². The molecule has 1 fully saturated rings. The standard InChI is InChI=1S/C20H18ClN3O4/c1-10(11-5-6-11)24-8-12-3-2-4-14(15(12)20(24)26)23-18(25)16-13(21)7-22-19-17(16)27-9-28-19/h2-4,7,10-11H,5-6,8-9H2,1H3,(H,23,25)/t10-/m0/s1. The molecule has 3 heterocycles. The van der Waals surface area contributed by atoms with E-state index in [0.717, 1.165) is 5.56 Å². The van der Waals surface area contributed by atoms with Gasteiger partial charge in [0.15, 0.2) is 5.75 Å². The molecule has 0 spiro atoms. The summed E-state index contributed by atoms with van der Waals surface area (Å²) < 4.78 is 10.6. The van der Waals surface area contributed by atoms with Crippen LogP contribution in [0.2, 0.25) is 5.02 Å². The monoisotopic (exact) mass is 399 g/mol. The fourth-order valence-corrected chi connectivity index (χ4v) is 4.10. The van der Waals surface area contributed by atoms with Gasteiger partial charge >= 0.3 is 0 Å². The Morgan fingerprint density at radius 3 is 2.96 bits per heavy atom. The third kappa shape index (κ3) is 2.69. The number of amides is 2. The zero-order valence-corrected chi connectivity index (χ0v) is 16.0. The fraction of sp³-hybridized carbons (Fsp3) is 0.350. The van der Waals surface area contributed by atoms with Crippen LogP contribution in [0.15, 0.2) is 24.4 Å². The number of nitrogens with zero attached hydrogens (tertiary/aromatic N) is 2. The lowest BCUT2D eigenvalue weighted by Gasteiger charge is -2.24. The summed E-state index contributed by atoms with van der Waals surface area (Å²) in [4.78, 5) is 31.9. The molecular formula is C20H18ClN3O4. The Morgan fingerprint density at radius 2 is 2.18 bits per heavy atom. The maximum Gasteiger partial charge on any atom is 0.261 e. The van der Waals surface area contributed by atoms with E-state index < -0.39 is 5.91 Å². The number of pyridine rings is 1. The minimum atomic E-state index is -0.468. The highest BCUT2D eigenvalue weighted by Crippen LogP contribution is 2.41. The quantitative estimate of drug-likeness (QED) is 0.851. The molecule has 0 saturated heterocycles. The number of halogens is 1. The van der Waals surface area contributed by atoms with E-state index in [0.29, 0.717) is 23.7 Å². The minimum absolute atomic E-state index is 0.0177. The number of carbonyl (C=O) groups excluding carboxylic acids is 2. The second kappa shape index (κ2) is 6.38. The van der Waals surface area contributed by atoms with Gasteiger partial charge in [-0.15, -0.1) is 0 Å². The number of fused-ring (bicyclic) bond motifs is 2. The van der Waals surface area contributed by atoms with E-state index in [9.17, 15) is 9.59 Å². The molecule has 2 amide bonds. The van der Waals surface area contributed by atoms with Crippen LogP contribution in [-0.4, -0.2) is 34.5 Å². The van der Waals surface area contributed by atoms with Gasteiger partial charge in [-0.25, -0.2) is 4.98 Å². The fourth-order valence-electron chi connectivity index (χ4n) is 3.88. The van der Waals surface area contributed by atoms with Gasteiger partial charge in [0.2, 0.25) is 6.79 Å². The Balaban J connectivity index is 1.46. The SMILES string of the molecule is C[C@@H](C1CC1)N1Cc2cccc(NC(=O)c3c(Cl)cnc4c3OCO4)c2C1=O. The zero-order chi connectivity index (χ0) is 19.4. The van der Waals surface area contributed by atoms with Crippen molar-refractivity contribution in [2.75, 3.05) is 12.1 Å². The summed E-state index contributed by atoms with van der Waals surface area (Å²) in [7, 11) is 0. The Hall–Kier alpha value is -2.80. The van der Waals surface area contributed by atoms with Crippen LogP contribution in [0.3, 0.4) is 0 Å². The first-order valence-electron chi connectivity index (χ1n) is 9.23. The molecule has 8 heteroatoms. The highest BCUT2D eigenvalue weighted by atomic mass is 35.5. The summed E-state index contributed by atoms with van der Waals surface area (Å²) in [6, 6.07) is 5.70. The molecule has 1 atom stereocenters. The van der Waals surface area contributed by atoms with Crippen LogP contribution < -0.4 is 14.8 Å². The summed E-state index contributed by atoms with van der Waals surface area (Å²) in [5, 5.41) is 2.99. The average molecular weight is 400 g/mol. The molecule has 7 nitrogen and oxygen atoms in total. The van der Waals surface area contributed by atoms with Gasteiger partial charge in [-0.3, -0.25) is 9.59 Å². The Labute approximate surface area is 166 Å². The van der Waals surface area contributed by atoms with Gasteiger partial charge in [0.05, 0.1) is 22.5 Å². The summed E-state index contributed by atoms with van der Waals surface area (Å²) in [6.07, 6.45) is 3.68. The third-order valence-electron chi connectivity index (χ3n) is 5.59. The highest BCUT2D eigenvalue weighted by molar-refractivity contribution is 6.35. The van der Waals surface area contributed by atoms with E-state index in [1.54, 1.807) is 6.07 Å². The van der Waals surface area contributed by atoms with Crippen molar-refractivity contribution in [2.24, 2.45) is 5.92 Å². The maximum atomic E-state index is 13.1. The third-order valence-corrected chi connectivity index (χ3v) is 5.88. The molecule has 28 heavy (non-hydrogen) atoms. The van der Waals surface area contributed by atoms with Crippen molar-refractivity contribution >= 4 is 29.1 Å². The van der Waals surface area contributed by atoms with Crippen LogP contribution in [0.25, 0.3) is 0 Å². The first-order chi connectivity index (χ1) is 13.5. The predicted molar refractivity (Wildman–Crippen MR) is 102 cm³/mol. The van der Waals surface area contributed by atoms with E-state index in [2.05, 4.69) is 17.2 Å². The van der Waals surface area contributed by atoms with Gasteiger partial charge in [0.1, 0.15) is 5.56 Å². The number of aromatic nitrogens is 1. The lowest BCUT2D eigenvalue weighted by molar-refractivity contribution is 0.0698. The number of anilines is 1. The van der Waals surface area contributed by atoms with Gasteiger partial charge in [-0.2, -0.15) is 0 Å². The molecule has 1 aromatic carbocycles. The molecule has 0 unspecified atom stereocenters. The molecule has 3 aliphatic rings. The highest BCUT2D eigenvalue weighted by Gasteiger charge is 2.39. The van der Waals surface area contributed by atoms with Crippen LogP contribution in [0.4, 0.5) is 5.69 Å². The molecule has 144 valence electrons. The van der Waals surface area contributed by atoms with Crippen LogP contribution in [0, 0.1) is 5.92 Å². The molecule has 2 aromatic rings. The Kier molecular flexibility index (Phi) is 3.94. The summed E-state index contributed by atoms with van der Waals surface area (Å²) in [5.74, 6) is 0.507. The van der Waals surface area contributed by atoms with Crippen LogP contribution in [0.1, 0.15) is 46.0 Å². The number of benzene rings is 1. The number of rotatable bonds is 4. The van der Waals surface area contributed by atoms with Crippen molar-refractivity contribution in [1.82, 2.24) is 9.88 Å². The second-order valence-electron chi connectivity index (χ2n) is 7.33. The molecule has 0 radical (unpaired) electrons. The first kappa shape index (κ1) is 17.3. The molecule has 1 saturated carbocycles. The van der Waals surface area contributed by atoms with E-state index in [-0.39, 0.29) is 41.0 Å². The van der Waals surface area contributed by atoms with Crippen molar-refractivity contribution in [3.05, 3.63) is 46.1 Å². The lowest BCUT2D eigenvalue weighted by atomic mass is 10.1. The van der Waals surface area contributed by atoms with Gasteiger partial charge < -0.3 is 19.7 Å². The normalized spacial score (nSPS) is 18.2. The topological polar surface area (TPSA) is 80.8 Å². The summed E-state index contributed by atoms with van der Waals surface area (Å²) in [5.41, 5.74) is 2.08. The molecular weight excluding hydrogens is 382 g/mol. The van der Waals surface area contributed by atoms with E-state index in [4.69, 9.17) is 21.1 Å². The number of nitrogens with one attached hydrogen (secondary N) is 1. The van der Waals surface area contributed by atoms with Gasteiger partial charge in [-0.1, -0.05) is 23.7 Å². The number of carbonyl (C=O) groups is 2. The number of ether oxygens (including phenoxy) is 2. The molecule has 1 N–H and O–H groups in total. The summed E-state index contributed by atoms with van der Waals surface area (Å²) in [6.45, 7) is 2.64. The predicted octanol–water partition coefficient (Wildman–Crippen LogP) is 3.47. The first-order valence-corrected chi connectivity index (χ1v) is 9.60. The molecule has 1 aromatic heterocycles. The van der Waals surface area contributed by atoms with Crippen molar-refractivity contribution in [3.63, 3.8) is 0 Å². The minimum Gasteiger partial charge on any atom is -0.451 e. The second-order valence-corrected chi connectivity index (χ2v) is 7.73. The maximum absolute atomic E-state index is 13.1. The number of hydrogen-bond acceptors (Lipinski definition) is 5. The summed E-state index contributed by atoms with van der Waals surface area (Å²) >= 11 is 6.19. The smallest absolute Gasteiger partial charge is 0.261 e. The Bertz CT molecular complexity index is 1010. The van der Waals surface area contributed by atoms with Crippen LogP contribution in [0.5, 0.6) is 11.6 Å². The number of hydrogen-bond donors (Lipinski definition) is 1. The Morgan fingerprint density at radius 1 is 1.36 bits per heavy atom. The molecule has 5 rings (SSSR count). The van der Waals surface area contributed by atoms with E-state index in [1.165, 1.54) is 19.0 Å². The lowest BCUT2D eigenvalue weighted by Crippen LogP contribution is -2.35. The van der Waals surface area contributed by atoms with Gasteiger partial charge in [-0.05, 0) is 37.3 Å². The largest absolute Gasteiger partial charge is 0.451 e. The molecule has 2 aliphatic heterocycles.